The zero-order valence-corrected chi connectivity index (χ0v) is 11.6. The number of thiophene rings is 1. The van der Waals surface area contributed by atoms with Crippen molar-refractivity contribution in [3.8, 4) is 0 Å². The Hall–Kier alpha value is -1.95. The van der Waals surface area contributed by atoms with Gasteiger partial charge in [-0.25, -0.2) is 9.37 Å². The molecule has 0 unspecified atom stereocenters. The quantitative estimate of drug-likeness (QED) is 0.942. The van der Waals surface area contributed by atoms with E-state index in [2.05, 4.69) is 4.98 Å². The van der Waals surface area contributed by atoms with Crippen LogP contribution in [0.15, 0.2) is 29.8 Å². The van der Waals surface area contributed by atoms with Crippen molar-refractivity contribution in [2.45, 2.75) is 25.4 Å². The number of hydrogen-bond donors (Lipinski definition) is 1. The Morgan fingerprint density at radius 2 is 2.35 bits per heavy atom. The topological polar surface area (TPSA) is 59.2 Å². The van der Waals surface area contributed by atoms with Crippen LogP contribution in [0, 0.1) is 5.82 Å². The third-order valence-electron chi connectivity index (χ3n) is 3.27. The van der Waals surface area contributed by atoms with Crippen LogP contribution in [-0.2, 0) is 6.54 Å². The fourth-order valence-electron chi connectivity index (χ4n) is 2.10. The molecule has 0 atom stereocenters. The lowest BCUT2D eigenvalue weighted by molar-refractivity contribution is 0.0732. The first-order valence-corrected chi connectivity index (χ1v) is 7.27. The standard InChI is InChI=1S/C14H14FN3OS/c15-9-6-12(13(16)17-7-9)14(19)18(10-3-4-10)8-11-2-1-5-20-11/h1-2,5-7,10H,3-4,8H2,(H2,16,17). The third-order valence-corrected chi connectivity index (χ3v) is 4.13. The van der Waals surface area contributed by atoms with Crippen LogP contribution in [0.25, 0.3) is 0 Å². The number of anilines is 1. The maximum absolute atomic E-state index is 13.3. The van der Waals surface area contributed by atoms with Crippen LogP contribution >= 0.6 is 11.3 Å². The number of amides is 1. The van der Waals surface area contributed by atoms with Gasteiger partial charge in [0.05, 0.1) is 18.3 Å². The van der Waals surface area contributed by atoms with Crippen molar-refractivity contribution in [1.82, 2.24) is 9.88 Å². The fourth-order valence-corrected chi connectivity index (χ4v) is 2.80. The van der Waals surface area contributed by atoms with Crippen LogP contribution in [0.3, 0.4) is 0 Å². The minimum absolute atomic E-state index is 0.0771. The Balaban J connectivity index is 1.87. The van der Waals surface area contributed by atoms with E-state index in [1.165, 1.54) is 0 Å². The van der Waals surface area contributed by atoms with Gasteiger partial charge >= 0.3 is 0 Å². The number of nitrogens with two attached hydrogens (primary N) is 1. The molecule has 2 aromatic heterocycles. The maximum Gasteiger partial charge on any atom is 0.258 e. The lowest BCUT2D eigenvalue weighted by Crippen LogP contribution is -2.33. The summed E-state index contributed by atoms with van der Waals surface area (Å²) in [7, 11) is 0. The Kier molecular flexibility index (Phi) is 3.40. The molecule has 0 bridgehead atoms. The molecule has 0 saturated heterocycles. The van der Waals surface area contributed by atoms with Gasteiger partial charge in [-0.3, -0.25) is 4.79 Å². The molecule has 0 aliphatic heterocycles. The second-order valence-electron chi connectivity index (χ2n) is 4.83. The van der Waals surface area contributed by atoms with E-state index in [4.69, 9.17) is 5.73 Å². The zero-order valence-electron chi connectivity index (χ0n) is 10.8. The number of aromatic nitrogens is 1. The summed E-state index contributed by atoms with van der Waals surface area (Å²) in [6.45, 7) is 0.539. The first-order valence-electron chi connectivity index (χ1n) is 6.39. The Morgan fingerprint density at radius 3 is 3.00 bits per heavy atom. The molecule has 0 radical (unpaired) electrons. The highest BCUT2D eigenvalue weighted by Crippen LogP contribution is 2.31. The lowest BCUT2D eigenvalue weighted by atomic mass is 10.2. The normalized spacial score (nSPS) is 14.2. The van der Waals surface area contributed by atoms with E-state index in [-0.39, 0.29) is 23.3 Å². The van der Waals surface area contributed by atoms with E-state index in [1.807, 2.05) is 17.5 Å². The highest BCUT2D eigenvalue weighted by molar-refractivity contribution is 7.09. The molecular formula is C14H14FN3OS. The molecule has 0 spiro atoms. The van der Waals surface area contributed by atoms with E-state index in [0.717, 1.165) is 30.0 Å². The number of nitrogen functional groups attached to an aromatic ring is 1. The van der Waals surface area contributed by atoms with Crippen molar-refractivity contribution in [2.75, 3.05) is 5.73 Å². The molecule has 1 fully saturated rings. The van der Waals surface area contributed by atoms with Gasteiger partial charge in [-0.05, 0) is 30.4 Å². The van der Waals surface area contributed by atoms with Crippen molar-refractivity contribution in [3.63, 3.8) is 0 Å². The number of pyridine rings is 1. The highest BCUT2D eigenvalue weighted by atomic mass is 32.1. The number of carbonyl (C=O) groups excluding carboxylic acids is 1. The van der Waals surface area contributed by atoms with Crippen LogP contribution in [0.4, 0.5) is 10.2 Å². The summed E-state index contributed by atoms with van der Waals surface area (Å²) in [4.78, 5) is 19.2. The van der Waals surface area contributed by atoms with Crippen molar-refractivity contribution >= 4 is 23.1 Å². The Morgan fingerprint density at radius 1 is 1.55 bits per heavy atom. The molecule has 4 nitrogen and oxygen atoms in total. The molecule has 1 amide bonds. The van der Waals surface area contributed by atoms with E-state index in [9.17, 15) is 9.18 Å². The van der Waals surface area contributed by atoms with E-state index in [0.29, 0.717) is 6.54 Å². The monoisotopic (exact) mass is 291 g/mol. The van der Waals surface area contributed by atoms with Crippen molar-refractivity contribution < 1.29 is 9.18 Å². The minimum Gasteiger partial charge on any atom is -0.383 e. The molecule has 0 aromatic carbocycles. The molecule has 2 aromatic rings. The molecule has 1 aliphatic carbocycles. The van der Waals surface area contributed by atoms with Gasteiger partial charge in [0.1, 0.15) is 11.6 Å². The number of rotatable bonds is 4. The van der Waals surface area contributed by atoms with Crippen molar-refractivity contribution in [3.05, 3.63) is 46.0 Å². The largest absolute Gasteiger partial charge is 0.383 e. The van der Waals surface area contributed by atoms with Crippen molar-refractivity contribution in [1.29, 1.82) is 0 Å². The summed E-state index contributed by atoms with van der Waals surface area (Å²) in [5.41, 5.74) is 5.85. The summed E-state index contributed by atoms with van der Waals surface area (Å²) in [5.74, 6) is -0.715. The van der Waals surface area contributed by atoms with Gasteiger partial charge in [0, 0.05) is 10.9 Å². The van der Waals surface area contributed by atoms with E-state index >= 15 is 0 Å². The van der Waals surface area contributed by atoms with E-state index in [1.54, 1.807) is 16.2 Å². The summed E-state index contributed by atoms with van der Waals surface area (Å²) >= 11 is 1.60. The Bertz CT molecular complexity index is 625. The molecule has 104 valence electrons. The molecule has 6 heteroatoms. The average Bonchev–Trinajstić information content (AvgIpc) is 3.15. The second-order valence-corrected chi connectivity index (χ2v) is 5.86. The smallest absolute Gasteiger partial charge is 0.258 e. The van der Waals surface area contributed by atoms with Crippen LogP contribution < -0.4 is 5.73 Å². The molecule has 3 rings (SSSR count). The zero-order chi connectivity index (χ0) is 14.1. The van der Waals surface area contributed by atoms with Gasteiger partial charge in [0.15, 0.2) is 0 Å². The third kappa shape index (κ3) is 2.65. The molecule has 2 N–H and O–H groups in total. The predicted molar refractivity (Wildman–Crippen MR) is 75.8 cm³/mol. The minimum atomic E-state index is -0.547. The number of halogens is 1. The van der Waals surface area contributed by atoms with E-state index < -0.39 is 5.82 Å². The van der Waals surface area contributed by atoms with Crippen LogP contribution in [0.1, 0.15) is 28.1 Å². The fraction of sp³-hybridized carbons (Fsp3) is 0.286. The van der Waals surface area contributed by atoms with Crippen LogP contribution in [-0.4, -0.2) is 21.8 Å². The summed E-state index contributed by atoms with van der Waals surface area (Å²) < 4.78 is 13.3. The molecule has 2 heterocycles. The first kappa shape index (κ1) is 13.1. The first-order chi connectivity index (χ1) is 9.65. The summed E-state index contributed by atoms with van der Waals surface area (Å²) in [6, 6.07) is 5.33. The van der Waals surface area contributed by atoms with Crippen LogP contribution in [0.5, 0.6) is 0 Å². The van der Waals surface area contributed by atoms with Gasteiger partial charge in [-0.1, -0.05) is 6.07 Å². The maximum atomic E-state index is 13.3. The SMILES string of the molecule is Nc1ncc(F)cc1C(=O)N(Cc1cccs1)C1CC1. The average molecular weight is 291 g/mol. The van der Waals surface area contributed by atoms with Crippen LogP contribution in [0.2, 0.25) is 0 Å². The summed E-state index contributed by atoms with van der Waals surface area (Å²) in [5, 5.41) is 1.98. The number of hydrogen-bond acceptors (Lipinski definition) is 4. The number of carbonyl (C=O) groups is 1. The highest BCUT2D eigenvalue weighted by Gasteiger charge is 2.34. The number of nitrogens with zero attached hydrogens (tertiary/aromatic N) is 2. The molecule has 20 heavy (non-hydrogen) atoms. The Labute approximate surface area is 120 Å². The van der Waals surface area contributed by atoms with Gasteiger partial charge in [-0.15, -0.1) is 11.3 Å². The van der Waals surface area contributed by atoms with Gasteiger partial charge < -0.3 is 10.6 Å². The second kappa shape index (κ2) is 5.20. The van der Waals surface area contributed by atoms with Gasteiger partial charge in [0.2, 0.25) is 0 Å². The lowest BCUT2D eigenvalue weighted by Gasteiger charge is -2.22. The molecular weight excluding hydrogens is 277 g/mol. The van der Waals surface area contributed by atoms with Crippen molar-refractivity contribution in [2.24, 2.45) is 0 Å². The predicted octanol–water partition coefficient (Wildman–Crippen LogP) is 2.67. The summed E-state index contributed by atoms with van der Waals surface area (Å²) in [6.07, 6.45) is 2.99. The van der Waals surface area contributed by atoms with Gasteiger partial charge in [-0.2, -0.15) is 0 Å². The molecule has 1 aliphatic rings. The van der Waals surface area contributed by atoms with Gasteiger partial charge in [0.25, 0.3) is 5.91 Å². The molecule has 1 saturated carbocycles.